The van der Waals surface area contributed by atoms with Gasteiger partial charge in [0.25, 0.3) is 0 Å². The van der Waals surface area contributed by atoms with Crippen molar-refractivity contribution < 1.29 is 4.39 Å². The molecule has 2 fully saturated rings. The second-order valence-electron chi connectivity index (χ2n) is 4.60. The monoisotopic (exact) mass is 200 g/mol. The number of halogens is 1. The summed E-state index contributed by atoms with van der Waals surface area (Å²) in [5.41, 5.74) is 0. The molecule has 3 heteroatoms. The van der Waals surface area contributed by atoms with Crippen LogP contribution < -0.4 is 5.32 Å². The molecule has 1 aliphatic heterocycles. The third-order valence-corrected chi connectivity index (χ3v) is 3.78. The molecule has 0 radical (unpaired) electrons. The van der Waals surface area contributed by atoms with E-state index in [-0.39, 0.29) is 0 Å². The number of piperidine rings is 1. The van der Waals surface area contributed by atoms with Gasteiger partial charge in [-0.05, 0) is 32.7 Å². The summed E-state index contributed by atoms with van der Waals surface area (Å²) < 4.78 is 13.0. The molecule has 0 aromatic heterocycles. The summed E-state index contributed by atoms with van der Waals surface area (Å²) in [6.45, 7) is 1.92. The minimum absolute atomic E-state index is 0.541. The summed E-state index contributed by atoms with van der Waals surface area (Å²) >= 11 is 0. The summed E-state index contributed by atoms with van der Waals surface area (Å²) in [7, 11) is 2.05. The lowest BCUT2D eigenvalue weighted by Gasteiger charge is -2.36. The lowest BCUT2D eigenvalue weighted by atomic mass is 10.0. The zero-order valence-electron chi connectivity index (χ0n) is 9.01. The van der Waals surface area contributed by atoms with Gasteiger partial charge in [-0.3, -0.25) is 4.90 Å². The molecular formula is C11H21FN2. The summed E-state index contributed by atoms with van der Waals surface area (Å²) in [5.74, 6) is 0. The molecule has 1 heterocycles. The quantitative estimate of drug-likeness (QED) is 0.727. The first-order chi connectivity index (χ1) is 6.81. The van der Waals surface area contributed by atoms with Gasteiger partial charge >= 0.3 is 0 Å². The van der Waals surface area contributed by atoms with Crippen LogP contribution >= 0.6 is 0 Å². The van der Waals surface area contributed by atoms with E-state index in [0.29, 0.717) is 12.1 Å². The molecule has 1 saturated carbocycles. The van der Waals surface area contributed by atoms with Gasteiger partial charge in [-0.1, -0.05) is 6.42 Å². The summed E-state index contributed by atoms with van der Waals surface area (Å²) in [6.07, 6.45) is 4.85. The fourth-order valence-corrected chi connectivity index (χ4v) is 2.91. The van der Waals surface area contributed by atoms with E-state index >= 15 is 0 Å². The first-order valence-corrected chi connectivity index (χ1v) is 5.86. The highest BCUT2D eigenvalue weighted by atomic mass is 19.1. The maximum Gasteiger partial charge on any atom is 0.103 e. The molecule has 2 unspecified atom stereocenters. The Morgan fingerprint density at radius 3 is 2.50 bits per heavy atom. The van der Waals surface area contributed by atoms with E-state index < -0.39 is 6.17 Å². The highest BCUT2D eigenvalue weighted by Crippen LogP contribution is 2.27. The molecule has 2 atom stereocenters. The van der Waals surface area contributed by atoms with Crippen molar-refractivity contribution in [2.45, 2.75) is 50.4 Å². The molecule has 1 aliphatic carbocycles. The molecule has 82 valence electrons. The molecule has 0 aromatic rings. The Labute approximate surface area is 85.9 Å². The molecule has 0 aromatic carbocycles. The van der Waals surface area contributed by atoms with E-state index in [2.05, 4.69) is 10.2 Å². The van der Waals surface area contributed by atoms with Gasteiger partial charge in [0, 0.05) is 25.2 Å². The van der Waals surface area contributed by atoms with Crippen molar-refractivity contribution in [2.75, 3.05) is 20.1 Å². The highest BCUT2D eigenvalue weighted by molar-refractivity contribution is 4.91. The van der Waals surface area contributed by atoms with Crippen LogP contribution in [0.25, 0.3) is 0 Å². The number of rotatable bonds is 2. The Bertz CT molecular complexity index is 178. The van der Waals surface area contributed by atoms with Gasteiger partial charge in [0.1, 0.15) is 6.17 Å². The van der Waals surface area contributed by atoms with E-state index in [1.54, 1.807) is 0 Å². The third-order valence-electron chi connectivity index (χ3n) is 3.78. The smallest absolute Gasteiger partial charge is 0.103 e. The molecule has 2 rings (SSSR count). The fourth-order valence-electron chi connectivity index (χ4n) is 2.91. The van der Waals surface area contributed by atoms with Crippen LogP contribution in [0.4, 0.5) is 4.39 Å². The van der Waals surface area contributed by atoms with E-state index in [1.807, 2.05) is 7.05 Å². The average Bonchev–Trinajstić information content (AvgIpc) is 2.67. The third kappa shape index (κ3) is 2.09. The zero-order valence-corrected chi connectivity index (χ0v) is 9.01. The van der Waals surface area contributed by atoms with Gasteiger partial charge in [-0.15, -0.1) is 0 Å². The number of likely N-dealkylation sites (N-methyl/N-ethyl adjacent to an activating group) is 1. The van der Waals surface area contributed by atoms with Crippen LogP contribution in [0.5, 0.6) is 0 Å². The SMILES string of the molecule is CNC1CCCC1N1CCC(F)CC1. The predicted octanol–water partition coefficient (Wildman–Crippen LogP) is 1.56. The number of nitrogens with one attached hydrogen (secondary N) is 1. The Morgan fingerprint density at radius 1 is 1.14 bits per heavy atom. The Hall–Kier alpha value is -0.150. The van der Waals surface area contributed by atoms with Crippen molar-refractivity contribution in [2.24, 2.45) is 0 Å². The van der Waals surface area contributed by atoms with Crippen molar-refractivity contribution in [1.29, 1.82) is 0 Å². The van der Waals surface area contributed by atoms with Gasteiger partial charge < -0.3 is 5.32 Å². The average molecular weight is 200 g/mol. The standard InChI is InChI=1S/C11H21FN2/c1-13-10-3-2-4-11(10)14-7-5-9(12)6-8-14/h9-11,13H,2-8H2,1H3. The van der Waals surface area contributed by atoms with Crippen molar-refractivity contribution in [3.63, 3.8) is 0 Å². The number of alkyl halides is 1. The van der Waals surface area contributed by atoms with E-state index in [4.69, 9.17) is 0 Å². The van der Waals surface area contributed by atoms with Crippen LogP contribution in [0.2, 0.25) is 0 Å². The van der Waals surface area contributed by atoms with Gasteiger partial charge in [-0.2, -0.15) is 0 Å². The minimum atomic E-state index is -0.541. The Balaban J connectivity index is 1.88. The van der Waals surface area contributed by atoms with E-state index in [9.17, 15) is 4.39 Å². The molecule has 0 amide bonds. The molecule has 2 aliphatic rings. The summed E-state index contributed by atoms with van der Waals surface area (Å²) in [6, 6.07) is 1.32. The zero-order chi connectivity index (χ0) is 9.97. The number of hydrogen-bond acceptors (Lipinski definition) is 2. The van der Waals surface area contributed by atoms with Gasteiger partial charge in [-0.25, -0.2) is 4.39 Å². The lowest BCUT2D eigenvalue weighted by molar-refractivity contribution is 0.101. The molecule has 1 N–H and O–H groups in total. The summed E-state index contributed by atoms with van der Waals surface area (Å²) in [4.78, 5) is 2.49. The molecule has 14 heavy (non-hydrogen) atoms. The topological polar surface area (TPSA) is 15.3 Å². The summed E-state index contributed by atoms with van der Waals surface area (Å²) in [5, 5.41) is 3.39. The molecule has 0 bridgehead atoms. The first kappa shape index (κ1) is 10.4. The molecule has 1 saturated heterocycles. The molecular weight excluding hydrogens is 179 g/mol. The fraction of sp³-hybridized carbons (Fsp3) is 1.00. The minimum Gasteiger partial charge on any atom is -0.315 e. The second-order valence-corrected chi connectivity index (χ2v) is 4.60. The van der Waals surface area contributed by atoms with Crippen LogP contribution in [-0.2, 0) is 0 Å². The van der Waals surface area contributed by atoms with Crippen LogP contribution in [0.1, 0.15) is 32.1 Å². The Kier molecular flexibility index (Phi) is 3.39. The van der Waals surface area contributed by atoms with Crippen molar-refractivity contribution >= 4 is 0 Å². The first-order valence-electron chi connectivity index (χ1n) is 5.86. The van der Waals surface area contributed by atoms with Crippen molar-refractivity contribution in [3.8, 4) is 0 Å². The Morgan fingerprint density at radius 2 is 1.86 bits per heavy atom. The van der Waals surface area contributed by atoms with Gasteiger partial charge in [0.2, 0.25) is 0 Å². The normalized spacial score (nSPS) is 36.4. The van der Waals surface area contributed by atoms with Crippen LogP contribution in [0.3, 0.4) is 0 Å². The van der Waals surface area contributed by atoms with Crippen LogP contribution in [-0.4, -0.2) is 43.3 Å². The van der Waals surface area contributed by atoms with Crippen molar-refractivity contribution in [3.05, 3.63) is 0 Å². The second kappa shape index (κ2) is 4.58. The van der Waals surface area contributed by atoms with E-state index in [1.165, 1.54) is 19.3 Å². The van der Waals surface area contributed by atoms with Gasteiger partial charge in [0.05, 0.1) is 0 Å². The largest absolute Gasteiger partial charge is 0.315 e. The van der Waals surface area contributed by atoms with Crippen molar-refractivity contribution in [1.82, 2.24) is 10.2 Å². The molecule has 0 spiro atoms. The van der Waals surface area contributed by atoms with Gasteiger partial charge in [0.15, 0.2) is 0 Å². The van der Waals surface area contributed by atoms with E-state index in [0.717, 1.165) is 25.9 Å². The lowest BCUT2D eigenvalue weighted by Crippen LogP contribution is -2.49. The van der Waals surface area contributed by atoms with Crippen LogP contribution in [0, 0.1) is 0 Å². The highest BCUT2D eigenvalue weighted by Gasteiger charge is 2.32. The molecule has 2 nitrogen and oxygen atoms in total. The van der Waals surface area contributed by atoms with Crippen LogP contribution in [0.15, 0.2) is 0 Å². The maximum atomic E-state index is 13.0. The number of likely N-dealkylation sites (tertiary alicyclic amines) is 1. The predicted molar refractivity (Wildman–Crippen MR) is 56.2 cm³/mol. The maximum absolute atomic E-state index is 13.0. The number of hydrogen-bond donors (Lipinski definition) is 1. The number of nitrogens with zero attached hydrogens (tertiary/aromatic N) is 1.